The zero-order chi connectivity index (χ0) is 14.0. The summed E-state index contributed by atoms with van der Waals surface area (Å²) < 4.78 is 39.7. The van der Waals surface area contributed by atoms with Crippen LogP contribution < -0.4 is 0 Å². The van der Waals surface area contributed by atoms with E-state index in [9.17, 15) is 18.0 Å². The van der Waals surface area contributed by atoms with E-state index in [2.05, 4.69) is 15.9 Å². The second-order valence-electron chi connectivity index (χ2n) is 3.96. The minimum absolute atomic E-state index is 0.0718. The Labute approximate surface area is 116 Å². The van der Waals surface area contributed by atoms with E-state index in [-0.39, 0.29) is 17.5 Å². The molecule has 0 aliphatic carbocycles. The number of Topliss-reactive ketones (excluding diaryl/α,β-unsaturated/α-hetero) is 1. The number of carbonyl (C=O) groups is 1. The number of carbonyl (C=O) groups excluding carboxylic acids is 1. The van der Waals surface area contributed by atoms with Crippen molar-refractivity contribution in [3.8, 4) is 0 Å². The van der Waals surface area contributed by atoms with Crippen molar-refractivity contribution >= 4 is 21.7 Å². The molecule has 19 heavy (non-hydrogen) atoms. The number of halogens is 4. The van der Waals surface area contributed by atoms with Gasteiger partial charge in [-0.15, -0.1) is 0 Å². The number of ketones is 1. The smallest absolute Gasteiger partial charge is 0.168 e. The van der Waals surface area contributed by atoms with Gasteiger partial charge >= 0.3 is 0 Å². The van der Waals surface area contributed by atoms with Crippen molar-refractivity contribution in [1.29, 1.82) is 0 Å². The third kappa shape index (κ3) is 3.23. The summed E-state index contributed by atoms with van der Waals surface area (Å²) in [6, 6.07) is 6.68. The van der Waals surface area contributed by atoms with Gasteiger partial charge in [-0.25, -0.2) is 13.2 Å². The third-order valence-corrected chi connectivity index (χ3v) is 3.29. The lowest BCUT2D eigenvalue weighted by molar-refractivity contribution is 0.0990. The van der Waals surface area contributed by atoms with Crippen LogP contribution in [-0.4, -0.2) is 5.78 Å². The van der Waals surface area contributed by atoms with Gasteiger partial charge in [-0.05, 0) is 29.8 Å². The molecule has 0 spiro atoms. The molecule has 2 aromatic carbocycles. The molecule has 2 rings (SSSR count). The Balaban J connectivity index is 2.28. The third-order valence-electron chi connectivity index (χ3n) is 2.59. The molecular formula is C14H8BrF3O. The molecule has 0 aliphatic rings. The highest BCUT2D eigenvalue weighted by Crippen LogP contribution is 2.21. The van der Waals surface area contributed by atoms with Crippen LogP contribution in [0.4, 0.5) is 13.2 Å². The van der Waals surface area contributed by atoms with Crippen LogP contribution in [0.15, 0.2) is 40.9 Å². The average molecular weight is 329 g/mol. The highest BCUT2D eigenvalue weighted by molar-refractivity contribution is 9.10. The van der Waals surface area contributed by atoms with E-state index in [0.29, 0.717) is 10.5 Å². The first kappa shape index (κ1) is 13.8. The number of benzene rings is 2. The Morgan fingerprint density at radius 1 is 1.00 bits per heavy atom. The van der Waals surface area contributed by atoms with Crippen molar-refractivity contribution in [2.75, 3.05) is 0 Å². The van der Waals surface area contributed by atoms with Gasteiger partial charge < -0.3 is 0 Å². The molecule has 0 aliphatic heterocycles. The summed E-state index contributed by atoms with van der Waals surface area (Å²) in [5, 5.41) is 0. The van der Waals surface area contributed by atoms with E-state index in [4.69, 9.17) is 0 Å². The molecule has 0 saturated carbocycles. The predicted octanol–water partition coefficient (Wildman–Crippen LogP) is 4.29. The second-order valence-corrected chi connectivity index (χ2v) is 4.81. The second kappa shape index (κ2) is 5.57. The lowest BCUT2D eigenvalue weighted by Crippen LogP contribution is -2.06. The molecule has 98 valence electrons. The summed E-state index contributed by atoms with van der Waals surface area (Å²) in [6.07, 6.45) is -0.256. The van der Waals surface area contributed by atoms with E-state index in [1.807, 2.05) is 0 Å². The monoisotopic (exact) mass is 328 g/mol. The van der Waals surface area contributed by atoms with Crippen LogP contribution in [0, 0.1) is 17.5 Å². The summed E-state index contributed by atoms with van der Waals surface area (Å²) in [4.78, 5) is 12.0. The fourth-order valence-corrected chi connectivity index (χ4v) is 2.11. The molecular weight excluding hydrogens is 321 g/mol. The predicted molar refractivity (Wildman–Crippen MR) is 68.5 cm³/mol. The van der Waals surface area contributed by atoms with Gasteiger partial charge in [0.05, 0.1) is 0 Å². The van der Waals surface area contributed by atoms with Crippen LogP contribution in [0.1, 0.15) is 15.9 Å². The number of hydrogen-bond donors (Lipinski definition) is 0. The summed E-state index contributed by atoms with van der Waals surface area (Å²) >= 11 is 3.13. The molecule has 0 atom stereocenters. The van der Waals surface area contributed by atoms with Crippen molar-refractivity contribution < 1.29 is 18.0 Å². The maximum atomic E-state index is 13.4. The lowest BCUT2D eigenvalue weighted by Gasteiger charge is -2.05. The minimum atomic E-state index is -0.791. The maximum Gasteiger partial charge on any atom is 0.168 e. The van der Waals surface area contributed by atoms with E-state index in [1.54, 1.807) is 0 Å². The topological polar surface area (TPSA) is 17.1 Å². The van der Waals surface area contributed by atoms with Crippen molar-refractivity contribution in [1.82, 2.24) is 0 Å². The molecule has 1 nitrogen and oxygen atoms in total. The first-order valence-electron chi connectivity index (χ1n) is 5.39. The van der Waals surface area contributed by atoms with Gasteiger partial charge in [0.15, 0.2) is 5.78 Å². The van der Waals surface area contributed by atoms with Crippen LogP contribution in [-0.2, 0) is 6.42 Å². The van der Waals surface area contributed by atoms with Gasteiger partial charge in [-0.2, -0.15) is 0 Å². The van der Waals surface area contributed by atoms with Gasteiger partial charge in [-0.1, -0.05) is 22.0 Å². The zero-order valence-corrected chi connectivity index (χ0v) is 11.2. The summed E-state index contributed by atoms with van der Waals surface area (Å²) in [5.74, 6) is -2.50. The molecule has 2 aromatic rings. The molecule has 0 saturated heterocycles. The van der Waals surface area contributed by atoms with Crippen LogP contribution in [0.3, 0.4) is 0 Å². The highest BCUT2D eigenvalue weighted by Gasteiger charge is 2.14. The van der Waals surface area contributed by atoms with Gasteiger partial charge in [-0.3, -0.25) is 4.79 Å². The van der Waals surface area contributed by atoms with E-state index >= 15 is 0 Å². The summed E-state index contributed by atoms with van der Waals surface area (Å²) in [6.45, 7) is 0. The van der Waals surface area contributed by atoms with E-state index in [0.717, 1.165) is 12.1 Å². The van der Waals surface area contributed by atoms with Crippen LogP contribution >= 0.6 is 15.9 Å². The first-order valence-corrected chi connectivity index (χ1v) is 6.19. The van der Waals surface area contributed by atoms with Gasteiger partial charge in [0.25, 0.3) is 0 Å². The fraction of sp³-hybridized carbons (Fsp3) is 0.0714. The molecule has 0 N–H and O–H groups in total. The summed E-state index contributed by atoms with van der Waals surface area (Å²) in [7, 11) is 0. The van der Waals surface area contributed by atoms with Crippen molar-refractivity contribution in [2.45, 2.75) is 6.42 Å². The Morgan fingerprint density at radius 3 is 2.32 bits per heavy atom. The van der Waals surface area contributed by atoms with Crippen LogP contribution in [0.25, 0.3) is 0 Å². The molecule has 0 fully saturated rings. The molecule has 0 radical (unpaired) electrons. The SMILES string of the molecule is O=C(Cc1ccc(F)cc1F)c1cc(F)ccc1Br. The Kier molecular flexibility index (Phi) is 4.04. The normalized spacial score (nSPS) is 10.5. The van der Waals surface area contributed by atoms with Crippen LogP contribution in [0.2, 0.25) is 0 Å². The van der Waals surface area contributed by atoms with Crippen molar-refractivity contribution in [2.24, 2.45) is 0 Å². The van der Waals surface area contributed by atoms with Gasteiger partial charge in [0, 0.05) is 22.5 Å². The molecule has 0 unspecified atom stereocenters. The average Bonchev–Trinajstić information content (AvgIpc) is 2.35. The molecule has 5 heteroatoms. The van der Waals surface area contributed by atoms with E-state index in [1.165, 1.54) is 18.2 Å². The molecule has 0 aromatic heterocycles. The maximum absolute atomic E-state index is 13.4. The first-order chi connectivity index (χ1) is 8.97. The highest BCUT2D eigenvalue weighted by atomic mass is 79.9. The van der Waals surface area contributed by atoms with Gasteiger partial charge in [0.2, 0.25) is 0 Å². The van der Waals surface area contributed by atoms with E-state index < -0.39 is 23.2 Å². The largest absolute Gasteiger partial charge is 0.294 e. The van der Waals surface area contributed by atoms with Crippen molar-refractivity contribution in [3.05, 3.63) is 69.4 Å². The Bertz CT molecular complexity index is 641. The minimum Gasteiger partial charge on any atom is -0.294 e. The van der Waals surface area contributed by atoms with Crippen molar-refractivity contribution in [3.63, 3.8) is 0 Å². The zero-order valence-electron chi connectivity index (χ0n) is 9.59. The number of rotatable bonds is 3. The molecule has 0 bridgehead atoms. The Hall–Kier alpha value is -1.62. The Morgan fingerprint density at radius 2 is 1.63 bits per heavy atom. The quantitative estimate of drug-likeness (QED) is 0.768. The lowest BCUT2D eigenvalue weighted by atomic mass is 10.0. The van der Waals surface area contributed by atoms with Crippen LogP contribution in [0.5, 0.6) is 0 Å². The standard InChI is InChI=1S/C14H8BrF3O/c15-12-4-3-9(16)6-11(12)14(19)5-8-1-2-10(17)7-13(8)18/h1-4,6-7H,5H2. The molecule has 0 amide bonds. The van der Waals surface area contributed by atoms with Gasteiger partial charge in [0.1, 0.15) is 17.5 Å². The summed E-state index contributed by atoms with van der Waals surface area (Å²) in [5.41, 5.74) is 0.200. The fourth-order valence-electron chi connectivity index (χ4n) is 1.64. The number of hydrogen-bond acceptors (Lipinski definition) is 1. The molecule has 0 heterocycles.